The van der Waals surface area contributed by atoms with Gasteiger partial charge >= 0.3 is 5.97 Å². The third kappa shape index (κ3) is 3.99. The Kier molecular flexibility index (Phi) is 5.40. The number of hydrogen-bond donors (Lipinski definition) is 0. The van der Waals surface area contributed by atoms with Crippen LogP contribution in [0, 0.1) is 0 Å². The average molecular weight is 258 g/mol. The van der Waals surface area contributed by atoms with E-state index in [1.165, 1.54) is 11.8 Å². The molecule has 0 N–H and O–H groups in total. The predicted molar refractivity (Wildman–Crippen MR) is 64.8 cm³/mol. The molecule has 0 aliphatic carbocycles. The Morgan fingerprint density at radius 3 is 2.76 bits per heavy atom. The van der Waals surface area contributed by atoms with E-state index in [-0.39, 0.29) is 17.3 Å². The van der Waals surface area contributed by atoms with Crippen molar-refractivity contribution in [1.82, 2.24) is 20.2 Å². The Balaban J connectivity index is 2.58. The normalized spacial score (nSPS) is 12.8. The summed E-state index contributed by atoms with van der Waals surface area (Å²) in [6, 6.07) is 0.173. The van der Waals surface area contributed by atoms with Crippen LogP contribution in [-0.4, -0.2) is 38.0 Å². The molecule has 0 spiro atoms. The smallest absolute Gasteiger partial charge is 0.319 e. The molecule has 1 rings (SSSR count). The molecule has 0 aliphatic heterocycles. The second-order valence-electron chi connectivity index (χ2n) is 3.93. The molecule has 0 amide bonds. The first kappa shape index (κ1) is 14.0. The van der Waals surface area contributed by atoms with Crippen LogP contribution in [0.5, 0.6) is 0 Å². The van der Waals surface area contributed by atoms with E-state index in [4.69, 9.17) is 4.74 Å². The lowest BCUT2D eigenvalue weighted by molar-refractivity contribution is -0.142. The van der Waals surface area contributed by atoms with Gasteiger partial charge in [0.2, 0.25) is 5.16 Å². The van der Waals surface area contributed by atoms with Crippen LogP contribution in [0.2, 0.25) is 0 Å². The summed E-state index contributed by atoms with van der Waals surface area (Å²) in [5.74, 6) is -0.227. The average Bonchev–Trinajstić information content (AvgIpc) is 2.73. The van der Waals surface area contributed by atoms with Crippen LogP contribution in [0.3, 0.4) is 0 Å². The summed E-state index contributed by atoms with van der Waals surface area (Å²) in [5, 5.41) is 11.7. The highest BCUT2D eigenvalue weighted by Crippen LogP contribution is 2.23. The number of thioether (sulfide) groups is 1. The SMILES string of the molecule is CCCOC(=O)C(C)Sc1nnnn1C(C)C. The Morgan fingerprint density at radius 1 is 1.47 bits per heavy atom. The molecule has 6 nitrogen and oxygen atoms in total. The first-order valence-corrected chi connectivity index (χ1v) is 6.55. The molecule has 0 aliphatic rings. The van der Waals surface area contributed by atoms with E-state index < -0.39 is 0 Å². The fourth-order valence-corrected chi connectivity index (χ4v) is 2.03. The van der Waals surface area contributed by atoms with Crippen LogP contribution in [-0.2, 0) is 9.53 Å². The lowest BCUT2D eigenvalue weighted by Crippen LogP contribution is -2.18. The molecule has 7 heteroatoms. The van der Waals surface area contributed by atoms with Gasteiger partial charge in [-0.1, -0.05) is 18.7 Å². The molecule has 0 bridgehead atoms. The topological polar surface area (TPSA) is 69.9 Å². The van der Waals surface area contributed by atoms with Gasteiger partial charge in [0.05, 0.1) is 12.6 Å². The van der Waals surface area contributed by atoms with Crippen molar-refractivity contribution in [3.05, 3.63) is 0 Å². The molecule has 1 aromatic rings. The quantitative estimate of drug-likeness (QED) is 0.571. The lowest BCUT2D eigenvalue weighted by Gasteiger charge is -2.11. The van der Waals surface area contributed by atoms with Crippen LogP contribution in [0.1, 0.15) is 40.2 Å². The maximum atomic E-state index is 11.6. The molecule has 17 heavy (non-hydrogen) atoms. The van der Waals surface area contributed by atoms with Gasteiger partial charge in [-0.2, -0.15) is 0 Å². The summed E-state index contributed by atoms with van der Waals surface area (Å²) >= 11 is 1.32. The summed E-state index contributed by atoms with van der Waals surface area (Å²) in [6.45, 7) is 8.19. The summed E-state index contributed by atoms with van der Waals surface area (Å²) in [5.41, 5.74) is 0. The standard InChI is InChI=1S/C10H18N4O2S/c1-5-6-16-9(15)8(4)17-10-11-12-13-14(10)7(2)3/h7-8H,5-6H2,1-4H3. The number of carbonyl (C=O) groups is 1. The largest absolute Gasteiger partial charge is 0.465 e. The summed E-state index contributed by atoms with van der Waals surface area (Å²) in [6.07, 6.45) is 0.826. The fourth-order valence-electron chi connectivity index (χ4n) is 1.11. The minimum absolute atomic E-state index is 0.173. The Hall–Kier alpha value is -1.11. The summed E-state index contributed by atoms with van der Waals surface area (Å²) in [7, 11) is 0. The van der Waals surface area contributed by atoms with Crippen LogP contribution >= 0.6 is 11.8 Å². The Morgan fingerprint density at radius 2 is 2.18 bits per heavy atom. The number of tetrazole rings is 1. The lowest BCUT2D eigenvalue weighted by atomic mass is 10.4. The van der Waals surface area contributed by atoms with E-state index >= 15 is 0 Å². The van der Waals surface area contributed by atoms with Crippen LogP contribution in [0.15, 0.2) is 5.16 Å². The van der Waals surface area contributed by atoms with Crippen molar-refractivity contribution in [2.24, 2.45) is 0 Å². The first-order chi connectivity index (χ1) is 8.06. The van der Waals surface area contributed by atoms with Crippen molar-refractivity contribution < 1.29 is 9.53 Å². The molecule has 96 valence electrons. The molecule has 0 aromatic carbocycles. The van der Waals surface area contributed by atoms with Crippen molar-refractivity contribution in [2.45, 2.75) is 50.6 Å². The minimum Gasteiger partial charge on any atom is -0.465 e. The maximum absolute atomic E-state index is 11.6. The molecule has 0 saturated carbocycles. The number of hydrogen-bond acceptors (Lipinski definition) is 6. The molecule has 1 atom stereocenters. The van der Waals surface area contributed by atoms with Gasteiger partial charge in [-0.25, -0.2) is 4.68 Å². The summed E-state index contributed by atoms with van der Waals surface area (Å²) in [4.78, 5) is 11.6. The molecular formula is C10H18N4O2S. The van der Waals surface area contributed by atoms with Crippen LogP contribution in [0.25, 0.3) is 0 Å². The molecule has 1 aromatic heterocycles. The van der Waals surface area contributed by atoms with Crippen molar-refractivity contribution in [3.8, 4) is 0 Å². The van der Waals surface area contributed by atoms with E-state index in [1.54, 1.807) is 11.6 Å². The van der Waals surface area contributed by atoms with Gasteiger partial charge in [0, 0.05) is 0 Å². The van der Waals surface area contributed by atoms with E-state index in [0.29, 0.717) is 11.8 Å². The highest BCUT2D eigenvalue weighted by atomic mass is 32.2. The van der Waals surface area contributed by atoms with Gasteiger partial charge in [-0.3, -0.25) is 4.79 Å². The van der Waals surface area contributed by atoms with Gasteiger partial charge in [-0.05, 0) is 37.6 Å². The van der Waals surface area contributed by atoms with E-state index in [9.17, 15) is 4.79 Å². The van der Waals surface area contributed by atoms with Crippen molar-refractivity contribution in [3.63, 3.8) is 0 Å². The van der Waals surface area contributed by atoms with Crippen molar-refractivity contribution in [1.29, 1.82) is 0 Å². The monoisotopic (exact) mass is 258 g/mol. The number of ether oxygens (including phenoxy) is 1. The molecule has 1 unspecified atom stereocenters. The van der Waals surface area contributed by atoms with Crippen molar-refractivity contribution >= 4 is 17.7 Å². The Bertz CT molecular complexity index is 367. The van der Waals surface area contributed by atoms with E-state index in [1.807, 2.05) is 20.8 Å². The fraction of sp³-hybridized carbons (Fsp3) is 0.800. The summed E-state index contributed by atoms with van der Waals surface area (Å²) < 4.78 is 6.75. The van der Waals surface area contributed by atoms with Gasteiger partial charge in [0.15, 0.2) is 0 Å². The molecule has 0 saturated heterocycles. The zero-order valence-electron chi connectivity index (χ0n) is 10.6. The predicted octanol–water partition coefficient (Wildman–Crippen LogP) is 1.69. The number of aromatic nitrogens is 4. The van der Waals surface area contributed by atoms with Gasteiger partial charge in [0.25, 0.3) is 0 Å². The minimum atomic E-state index is -0.301. The first-order valence-electron chi connectivity index (χ1n) is 5.67. The van der Waals surface area contributed by atoms with Gasteiger partial charge < -0.3 is 4.74 Å². The van der Waals surface area contributed by atoms with Crippen LogP contribution < -0.4 is 0 Å². The zero-order valence-corrected chi connectivity index (χ0v) is 11.4. The molecule has 0 fully saturated rings. The highest BCUT2D eigenvalue weighted by Gasteiger charge is 2.20. The van der Waals surface area contributed by atoms with Crippen LogP contribution in [0.4, 0.5) is 0 Å². The van der Waals surface area contributed by atoms with E-state index in [2.05, 4.69) is 15.5 Å². The van der Waals surface area contributed by atoms with E-state index in [0.717, 1.165) is 6.42 Å². The van der Waals surface area contributed by atoms with Crippen molar-refractivity contribution in [2.75, 3.05) is 6.61 Å². The molecular weight excluding hydrogens is 240 g/mol. The number of carbonyl (C=O) groups excluding carboxylic acids is 1. The maximum Gasteiger partial charge on any atom is 0.319 e. The Labute approximate surface area is 105 Å². The number of nitrogens with zero attached hydrogens (tertiary/aromatic N) is 4. The molecule has 1 heterocycles. The zero-order chi connectivity index (χ0) is 12.8. The van der Waals surface area contributed by atoms with Gasteiger partial charge in [0.1, 0.15) is 5.25 Å². The van der Waals surface area contributed by atoms with Gasteiger partial charge in [-0.15, -0.1) is 5.10 Å². The third-order valence-corrected chi connectivity index (χ3v) is 3.04. The third-order valence-electron chi connectivity index (χ3n) is 2.01. The number of esters is 1. The molecule has 0 radical (unpaired) electrons. The second-order valence-corrected chi connectivity index (χ2v) is 5.24. The second kappa shape index (κ2) is 6.58. The number of rotatable bonds is 6. The highest BCUT2D eigenvalue weighted by molar-refractivity contribution is 8.00.